The van der Waals surface area contributed by atoms with Gasteiger partial charge in [-0.1, -0.05) is 0 Å². The molecule has 80 valence electrons. The molecular weight excluding hydrogens is 330 g/mol. The summed E-state index contributed by atoms with van der Waals surface area (Å²) in [7, 11) is 3.06. The molecule has 0 aromatic carbocycles. The summed E-state index contributed by atoms with van der Waals surface area (Å²) < 4.78 is 11.7. The van der Waals surface area contributed by atoms with E-state index >= 15 is 0 Å². The fourth-order valence-corrected chi connectivity index (χ4v) is 2.06. The molecule has 0 fully saturated rings. The maximum Gasteiger partial charge on any atom is 0.321 e. The van der Waals surface area contributed by atoms with Crippen molar-refractivity contribution < 1.29 is 9.47 Å². The first-order valence-electron chi connectivity index (χ1n) is 4.00. The zero-order valence-electron chi connectivity index (χ0n) is 7.97. The largest absolute Gasteiger partial charge is 0.480 e. The first-order chi connectivity index (χ1) is 7.17. The van der Waals surface area contributed by atoms with E-state index in [1.54, 1.807) is 7.11 Å². The summed E-state index contributed by atoms with van der Waals surface area (Å²) in [6.07, 6.45) is 0. The number of aromatic amines is 1. The van der Waals surface area contributed by atoms with Crippen molar-refractivity contribution in [2.45, 2.75) is 0 Å². The Kier molecular flexibility index (Phi) is 2.83. The Morgan fingerprint density at radius 2 is 1.87 bits per heavy atom. The van der Waals surface area contributed by atoms with Gasteiger partial charge in [0.25, 0.3) is 0 Å². The molecule has 7 heteroatoms. The number of H-pyrrole nitrogens is 1. The van der Waals surface area contributed by atoms with Crippen LogP contribution in [-0.2, 0) is 0 Å². The van der Waals surface area contributed by atoms with Crippen LogP contribution in [0.4, 0.5) is 0 Å². The number of fused-ring (bicyclic) bond motifs is 1. The van der Waals surface area contributed by atoms with Crippen molar-refractivity contribution in [3.63, 3.8) is 0 Å². The molecule has 2 aromatic heterocycles. The Morgan fingerprint density at radius 3 is 2.47 bits per heavy atom. The van der Waals surface area contributed by atoms with Crippen molar-refractivity contribution >= 4 is 42.9 Å². The van der Waals surface area contributed by atoms with Gasteiger partial charge < -0.3 is 14.5 Å². The molecule has 2 rings (SSSR count). The van der Waals surface area contributed by atoms with Gasteiger partial charge in [-0.05, 0) is 31.9 Å². The van der Waals surface area contributed by atoms with Gasteiger partial charge in [0.05, 0.1) is 28.7 Å². The van der Waals surface area contributed by atoms with E-state index in [1.807, 2.05) is 0 Å². The highest BCUT2D eigenvalue weighted by Crippen LogP contribution is 2.36. The van der Waals surface area contributed by atoms with Gasteiger partial charge in [0, 0.05) is 0 Å². The molecule has 0 spiro atoms. The van der Waals surface area contributed by atoms with E-state index < -0.39 is 0 Å². The van der Waals surface area contributed by atoms with Crippen LogP contribution in [0.2, 0.25) is 0 Å². The molecule has 2 aromatic rings. The molecule has 0 aliphatic rings. The minimum absolute atomic E-state index is 0.264. The number of hydrogen-bond donors (Lipinski definition) is 1. The van der Waals surface area contributed by atoms with E-state index in [0.717, 1.165) is 14.5 Å². The van der Waals surface area contributed by atoms with Crippen LogP contribution in [0.25, 0.3) is 11.0 Å². The van der Waals surface area contributed by atoms with Crippen LogP contribution in [0, 0.1) is 0 Å². The van der Waals surface area contributed by atoms with Gasteiger partial charge in [0.15, 0.2) is 5.65 Å². The minimum atomic E-state index is 0.264. The summed E-state index contributed by atoms with van der Waals surface area (Å²) in [5, 5.41) is 0.783. The van der Waals surface area contributed by atoms with E-state index in [1.165, 1.54) is 7.11 Å². The monoisotopic (exact) mass is 335 g/mol. The van der Waals surface area contributed by atoms with Crippen molar-refractivity contribution in [3.05, 3.63) is 9.08 Å². The van der Waals surface area contributed by atoms with Gasteiger partial charge >= 0.3 is 6.01 Å². The fourth-order valence-electron chi connectivity index (χ4n) is 1.22. The van der Waals surface area contributed by atoms with Crippen LogP contribution in [-0.4, -0.2) is 29.2 Å². The SMILES string of the molecule is COc1nc(OC)c2c(Br)c(Br)[nH]c2n1. The van der Waals surface area contributed by atoms with E-state index in [-0.39, 0.29) is 6.01 Å². The van der Waals surface area contributed by atoms with E-state index in [9.17, 15) is 0 Å². The van der Waals surface area contributed by atoms with Crippen molar-refractivity contribution in [1.29, 1.82) is 0 Å². The summed E-state index contributed by atoms with van der Waals surface area (Å²) in [6, 6.07) is 0.264. The summed E-state index contributed by atoms with van der Waals surface area (Å²) in [4.78, 5) is 11.3. The summed E-state index contributed by atoms with van der Waals surface area (Å²) in [5.74, 6) is 0.464. The lowest BCUT2D eigenvalue weighted by Crippen LogP contribution is -1.96. The number of methoxy groups -OCH3 is 2. The Morgan fingerprint density at radius 1 is 1.13 bits per heavy atom. The van der Waals surface area contributed by atoms with Crippen LogP contribution in [0.1, 0.15) is 0 Å². The molecule has 0 aliphatic heterocycles. The molecule has 0 radical (unpaired) electrons. The lowest BCUT2D eigenvalue weighted by atomic mass is 10.4. The maximum absolute atomic E-state index is 5.16. The Balaban J connectivity index is 2.81. The Hall–Kier alpha value is -0.820. The summed E-state index contributed by atoms with van der Waals surface area (Å²) in [6.45, 7) is 0. The van der Waals surface area contributed by atoms with Crippen LogP contribution in [0.3, 0.4) is 0 Å². The average Bonchev–Trinajstić information content (AvgIpc) is 2.53. The topological polar surface area (TPSA) is 60.0 Å². The number of rotatable bonds is 2. The van der Waals surface area contributed by atoms with Crippen molar-refractivity contribution in [2.75, 3.05) is 14.2 Å². The van der Waals surface area contributed by atoms with Gasteiger partial charge in [-0.2, -0.15) is 9.97 Å². The summed E-state index contributed by atoms with van der Waals surface area (Å²) >= 11 is 6.76. The molecule has 0 bridgehead atoms. The second-order valence-electron chi connectivity index (χ2n) is 2.70. The molecule has 0 unspecified atom stereocenters. The molecule has 0 saturated heterocycles. The molecule has 1 N–H and O–H groups in total. The van der Waals surface area contributed by atoms with Crippen LogP contribution >= 0.6 is 31.9 Å². The predicted molar refractivity (Wildman–Crippen MR) is 62.4 cm³/mol. The number of halogens is 2. The lowest BCUT2D eigenvalue weighted by molar-refractivity contribution is 0.356. The van der Waals surface area contributed by atoms with Crippen LogP contribution < -0.4 is 9.47 Å². The van der Waals surface area contributed by atoms with Gasteiger partial charge in [-0.15, -0.1) is 0 Å². The second kappa shape index (κ2) is 3.97. The third kappa shape index (κ3) is 1.69. The number of aromatic nitrogens is 3. The zero-order chi connectivity index (χ0) is 11.0. The first-order valence-corrected chi connectivity index (χ1v) is 5.58. The average molecular weight is 337 g/mol. The number of hydrogen-bond acceptors (Lipinski definition) is 4. The van der Waals surface area contributed by atoms with Gasteiger partial charge in [0.2, 0.25) is 5.88 Å². The number of nitrogens with one attached hydrogen (secondary N) is 1. The highest BCUT2D eigenvalue weighted by molar-refractivity contribution is 9.13. The van der Waals surface area contributed by atoms with Crippen molar-refractivity contribution in [2.24, 2.45) is 0 Å². The van der Waals surface area contributed by atoms with Crippen molar-refractivity contribution in [1.82, 2.24) is 15.0 Å². The standard InChI is InChI=1S/C8H7Br2N3O2/c1-14-7-3-4(9)5(10)11-6(3)12-8(13-7)15-2/h1-2H3,(H,11,12,13). The number of nitrogens with zero attached hydrogens (tertiary/aromatic N) is 2. The molecule has 0 saturated carbocycles. The predicted octanol–water partition coefficient (Wildman–Crippen LogP) is 2.50. The number of ether oxygens (including phenoxy) is 2. The highest BCUT2D eigenvalue weighted by Gasteiger charge is 2.16. The summed E-state index contributed by atoms with van der Waals surface area (Å²) in [5.41, 5.74) is 0.650. The normalized spacial score (nSPS) is 10.7. The van der Waals surface area contributed by atoms with E-state index in [4.69, 9.17) is 9.47 Å². The molecule has 0 amide bonds. The zero-order valence-corrected chi connectivity index (χ0v) is 11.1. The fraction of sp³-hybridized carbons (Fsp3) is 0.250. The lowest BCUT2D eigenvalue weighted by Gasteiger charge is -2.03. The first kappa shape index (κ1) is 10.7. The maximum atomic E-state index is 5.16. The third-order valence-electron chi connectivity index (χ3n) is 1.87. The van der Waals surface area contributed by atoms with Gasteiger partial charge in [0.1, 0.15) is 0 Å². The smallest absolute Gasteiger partial charge is 0.321 e. The van der Waals surface area contributed by atoms with Crippen LogP contribution in [0.5, 0.6) is 11.9 Å². The third-order valence-corrected chi connectivity index (χ3v) is 3.79. The minimum Gasteiger partial charge on any atom is -0.480 e. The van der Waals surface area contributed by atoms with Crippen molar-refractivity contribution in [3.8, 4) is 11.9 Å². The highest BCUT2D eigenvalue weighted by atomic mass is 79.9. The van der Waals surface area contributed by atoms with Gasteiger partial charge in [-0.3, -0.25) is 0 Å². The quantitative estimate of drug-likeness (QED) is 0.915. The molecule has 15 heavy (non-hydrogen) atoms. The molecule has 0 atom stereocenters. The molecular formula is C8H7Br2N3O2. The molecule has 2 heterocycles. The Labute approximate surface area is 102 Å². The van der Waals surface area contributed by atoms with E-state index in [2.05, 4.69) is 46.8 Å². The molecule has 0 aliphatic carbocycles. The Bertz CT molecular complexity index is 512. The van der Waals surface area contributed by atoms with Crippen LogP contribution in [0.15, 0.2) is 9.08 Å². The van der Waals surface area contributed by atoms with E-state index in [0.29, 0.717) is 11.5 Å². The molecule has 5 nitrogen and oxygen atoms in total. The van der Waals surface area contributed by atoms with Gasteiger partial charge in [-0.25, -0.2) is 0 Å². The second-order valence-corrected chi connectivity index (χ2v) is 4.28.